The molecule has 1 aromatic carbocycles. The summed E-state index contributed by atoms with van der Waals surface area (Å²) in [6.07, 6.45) is 0. The molecule has 0 aromatic heterocycles. The predicted molar refractivity (Wildman–Crippen MR) is 69.9 cm³/mol. The Balaban J connectivity index is 2.21. The third-order valence-corrected chi connectivity index (χ3v) is 4.28. The zero-order chi connectivity index (χ0) is 13.2. The van der Waals surface area contributed by atoms with E-state index in [9.17, 15) is 8.42 Å². The molecule has 1 aliphatic rings. The number of hydrogen-bond acceptors (Lipinski definition) is 4. The quantitative estimate of drug-likeness (QED) is 0.811. The Morgan fingerprint density at radius 2 is 2.11 bits per heavy atom. The standard InChI is InChI=1S/C11H17N3O3S/c1-2-17-11-5-3-10(4-6-11)14-8-9(7-12)13-18(14,15)16/h3-6,9,13H,2,7-8,12H2,1H3. The third kappa shape index (κ3) is 2.58. The average Bonchev–Trinajstić information content (AvgIpc) is 2.66. The maximum absolute atomic E-state index is 11.9. The summed E-state index contributed by atoms with van der Waals surface area (Å²) in [7, 11) is -3.46. The summed E-state index contributed by atoms with van der Waals surface area (Å²) in [6.45, 7) is 3.12. The van der Waals surface area contributed by atoms with Crippen LogP contribution in [-0.4, -0.2) is 34.2 Å². The first-order valence-electron chi connectivity index (χ1n) is 5.79. The highest BCUT2D eigenvalue weighted by Crippen LogP contribution is 2.24. The van der Waals surface area contributed by atoms with E-state index < -0.39 is 10.2 Å². The second kappa shape index (κ2) is 5.13. The van der Waals surface area contributed by atoms with Gasteiger partial charge in [0.1, 0.15) is 5.75 Å². The maximum Gasteiger partial charge on any atom is 0.301 e. The first kappa shape index (κ1) is 13.1. The molecular formula is C11H17N3O3S. The van der Waals surface area contributed by atoms with Gasteiger partial charge in [-0.25, -0.2) is 0 Å². The van der Waals surface area contributed by atoms with Gasteiger partial charge in [-0.15, -0.1) is 0 Å². The molecule has 6 nitrogen and oxygen atoms in total. The van der Waals surface area contributed by atoms with Crippen molar-refractivity contribution in [1.82, 2.24) is 4.72 Å². The Labute approximate surface area is 107 Å². The lowest BCUT2D eigenvalue weighted by Crippen LogP contribution is -2.33. The summed E-state index contributed by atoms with van der Waals surface area (Å²) in [4.78, 5) is 0. The van der Waals surface area contributed by atoms with Crippen molar-refractivity contribution < 1.29 is 13.2 Å². The summed E-state index contributed by atoms with van der Waals surface area (Å²) < 4.78 is 32.9. The summed E-state index contributed by atoms with van der Waals surface area (Å²) >= 11 is 0. The van der Waals surface area contributed by atoms with Gasteiger partial charge < -0.3 is 10.5 Å². The van der Waals surface area contributed by atoms with Gasteiger partial charge in [-0.1, -0.05) is 0 Å². The van der Waals surface area contributed by atoms with E-state index in [1.54, 1.807) is 24.3 Å². The molecule has 1 aromatic rings. The van der Waals surface area contributed by atoms with Crippen molar-refractivity contribution in [2.45, 2.75) is 13.0 Å². The molecule has 0 bridgehead atoms. The number of ether oxygens (including phenoxy) is 1. The average molecular weight is 271 g/mol. The van der Waals surface area contributed by atoms with Crippen molar-refractivity contribution in [3.63, 3.8) is 0 Å². The first-order chi connectivity index (χ1) is 8.56. The van der Waals surface area contributed by atoms with E-state index in [2.05, 4.69) is 4.72 Å². The molecule has 1 unspecified atom stereocenters. The minimum absolute atomic E-state index is 0.235. The number of nitrogens with two attached hydrogens (primary N) is 1. The molecule has 1 fully saturated rings. The van der Waals surface area contributed by atoms with Gasteiger partial charge in [-0.05, 0) is 31.2 Å². The van der Waals surface area contributed by atoms with E-state index in [0.29, 0.717) is 18.8 Å². The molecule has 0 saturated carbocycles. The van der Waals surface area contributed by atoms with Crippen LogP contribution in [0.2, 0.25) is 0 Å². The Morgan fingerprint density at radius 1 is 1.44 bits per heavy atom. The minimum atomic E-state index is -3.46. The van der Waals surface area contributed by atoms with Crippen LogP contribution in [0.5, 0.6) is 5.75 Å². The van der Waals surface area contributed by atoms with Crippen molar-refractivity contribution in [2.24, 2.45) is 5.73 Å². The first-order valence-corrected chi connectivity index (χ1v) is 7.23. The molecule has 1 saturated heterocycles. The number of rotatable bonds is 4. The fraction of sp³-hybridized carbons (Fsp3) is 0.455. The van der Waals surface area contributed by atoms with E-state index in [1.165, 1.54) is 4.31 Å². The van der Waals surface area contributed by atoms with Gasteiger partial charge in [0, 0.05) is 6.54 Å². The van der Waals surface area contributed by atoms with Crippen LogP contribution in [-0.2, 0) is 10.2 Å². The molecule has 100 valence electrons. The highest BCUT2D eigenvalue weighted by molar-refractivity contribution is 7.91. The summed E-state index contributed by atoms with van der Waals surface area (Å²) in [5.74, 6) is 0.723. The van der Waals surface area contributed by atoms with E-state index in [0.717, 1.165) is 5.75 Å². The van der Waals surface area contributed by atoms with Crippen LogP contribution in [0, 0.1) is 0 Å². The molecule has 0 spiro atoms. The molecule has 0 amide bonds. The van der Waals surface area contributed by atoms with Crippen molar-refractivity contribution in [3.05, 3.63) is 24.3 Å². The molecule has 0 aliphatic carbocycles. The lowest BCUT2D eigenvalue weighted by atomic mass is 10.2. The molecule has 1 atom stereocenters. The van der Waals surface area contributed by atoms with Crippen LogP contribution in [0.3, 0.4) is 0 Å². The van der Waals surface area contributed by atoms with Crippen molar-refractivity contribution >= 4 is 15.9 Å². The fourth-order valence-electron chi connectivity index (χ4n) is 1.85. The lowest BCUT2D eigenvalue weighted by Gasteiger charge is -2.16. The van der Waals surface area contributed by atoms with Gasteiger partial charge >= 0.3 is 10.2 Å². The van der Waals surface area contributed by atoms with Gasteiger partial charge in [-0.2, -0.15) is 13.1 Å². The molecule has 1 heterocycles. The third-order valence-electron chi connectivity index (χ3n) is 2.71. The number of benzene rings is 1. The van der Waals surface area contributed by atoms with Gasteiger partial charge in [0.2, 0.25) is 0 Å². The number of hydrogen-bond donors (Lipinski definition) is 2. The van der Waals surface area contributed by atoms with Gasteiger partial charge in [0.05, 0.1) is 24.9 Å². The molecule has 1 aliphatic heterocycles. The number of nitrogens with one attached hydrogen (secondary N) is 1. The minimum Gasteiger partial charge on any atom is -0.494 e. The van der Waals surface area contributed by atoms with Crippen LogP contribution < -0.4 is 19.5 Å². The van der Waals surface area contributed by atoms with Crippen LogP contribution >= 0.6 is 0 Å². The van der Waals surface area contributed by atoms with Gasteiger partial charge in [0.15, 0.2) is 0 Å². The molecular weight excluding hydrogens is 254 g/mol. The Kier molecular flexibility index (Phi) is 3.74. The lowest BCUT2D eigenvalue weighted by molar-refractivity contribution is 0.340. The smallest absolute Gasteiger partial charge is 0.301 e. The fourth-order valence-corrected chi connectivity index (χ4v) is 3.35. The van der Waals surface area contributed by atoms with Crippen LogP contribution in [0.15, 0.2) is 24.3 Å². The van der Waals surface area contributed by atoms with Crippen molar-refractivity contribution in [2.75, 3.05) is 24.0 Å². The Hall–Kier alpha value is -1.31. The zero-order valence-corrected chi connectivity index (χ0v) is 11.0. The van der Waals surface area contributed by atoms with Crippen LogP contribution in [0.25, 0.3) is 0 Å². The SMILES string of the molecule is CCOc1ccc(N2CC(CN)NS2(=O)=O)cc1. The molecule has 2 rings (SSSR count). The Morgan fingerprint density at radius 3 is 2.61 bits per heavy atom. The van der Waals surface area contributed by atoms with Crippen molar-refractivity contribution in [1.29, 1.82) is 0 Å². The highest BCUT2D eigenvalue weighted by Gasteiger charge is 2.34. The van der Waals surface area contributed by atoms with E-state index in [-0.39, 0.29) is 12.6 Å². The molecule has 18 heavy (non-hydrogen) atoms. The van der Waals surface area contributed by atoms with Gasteiger partial charge in [-0.3, -0.25) is 4.31 Å². The monoisotopic (exact) mass is 271 g/mol. The predicted octanol–water partition coefficient (Wildman–Crippen LogP) is 0.0670. The zero-order valence-electron chi connectivity index (χ0n) is 10.2. The van der Waals surface area contributed by atoms with Crippen molar-refractivity contribution in [3.8, 4) is 5.75 Å². The second-order valence-corrected chi connectivity index (χ2v) is 5.64. The van der Waals surface area contributed by atoms with E-state index in [1.807, 2.05) is 6.92 Å². The molecule has 0 radical (unpaired) electrons. The topological polar surface area (TPSA) is 84.7 Å². The van der Waals surface area contributed by atoms with E-state index in [4.69, 9.17) is 10.5 Å². The summed E-state index contributed by atoms with van der Waals surface area (Å²) in [5.41, 5.74) is 6.10. The van der Waals surface area contributed by atoms with Crippen LogP contribution in [0.4, 0.5) is 5.69 Å². The number of nitrogens with zero attached hydrogens (tertiary/aromatic N) is 1. The summed E-state index contributed by atoms with van der Waals surface area (Å²) in [5, 5.41) is 0. The highest BCUT2D eigenvalue weighted by atomic mass is 32.2. The largest absolute Gasteiger partial charge is 0.494 e. The second-order valence-electron chi connectivity index (χ2n) is 4.01. The van der Waals surface area contributed by atoms with Gasteiger partial charge in [0.25, 0.3) is 0 Å². The van der Waals surface area contributed by atoms with Crippen LogP contribution in [0.1, 0.15) is 6.92 Å². The normalized spacial score (nSPS) is 22.1. The Bertz CT molecular complexity index is 501. The number of anilines is 1. The maximum atomic E-state index is 11.9. The summed E-state index contributed by atoms with van der Waals surface area (Å²) in [6, 6.07) is 6.72. The molecule has 7 heteroatoms. The van der Waals surface area contributed by atoms with E-state index >= 15 is 0 Å². The molecule has 3 N–H and O–H groups in total.